The number of anilines is 1. The zero-order valence-electron chi connectivity index (χ0n) is 11.1. The maximum Gasteiger partial charge on any atom is 0.341 e. The van der Waals surface area contributed by atoms with Gasteiger partial charge in [-0.2, -0.15) is 0 Å². The monoisotopic (exact) mass is 293 g/mol. The first-order chi connectivity index (χ1) is 10.1. The van der Waals surface area contributed by atoms with Crippen LogP contribution in [0, 0.1) is 0 Å². The molecule has 1 fully saturated rings. The Hall–Kier alpha value is -2.61. The first-order valence-corrected chi connectivity index (χ1v) is 6.31. The molecule has 1 aliphatic rings. The summed E-state index contributed by atoms with van der Waals surface area (Å²) in [5.74, 6) is -1.33. The van der Waals surface area contributed by atoms with E-state index in [1.165, 1.54) is 0 Å². The normalized spacial score (nSPS) is 17.7. The molecule has 8 heteroatoms. The number of carbonyl (C=O) groups excluding carboxylic acids is 2. The largest absolute Gasteiger partial charge is 0.480 e. The van der Waals surface area contributed by atoms with Gasteiger partial charge >= 0.3 is 5.97 Å². The predicted molar refractivity (Wildman–Crippen MR) is 73.0 cm³/mol. The number of amides is 2. The molecule has 8 nitrogen and oxygen atoms in total. The van der Waals surface area contributed by atoms with Crippen LogP contribution in [0.5, 0.6) is 5.75 Å². The summed E-state index contributed by atoms with van der Waals surface area (Å²) < 4.78 is 5.10. The molecule has 21 heavy (non-hydrogen) atoms. The van der Waals surface area contributed by atoms with E-state index < -0.39 is 18.6 Å². The maximum absolute atomic E-state index is 12.1. The van der Waals surface area contributed by atoms with Crippen LogP contribution in [0.1, 0.15) is 0 Å². The summed E-state index contributed by atoms with van der Waals surface area (Å²) in [4.78, 5) is 33.6. The van der Waals surface area contributed by atoms with Crippen molar-refractivity contribution in [2.24, 2.45) is 0 Å². The fourth-order valence-corrected chi connectivity index (χ4v) is 1.81. The summed E-state index contributed by atoms with van der Waals surface area (Å²) in [6, 6.07) is 5.99. The molecular weight excluding hydrogens is 278 g/mol. The SMILES string of the molecule is O=C(O)COc1ccccc1NC(=O)C1CNC(=O)CN1. The van der Waals surface area contributed by atoms with Gasteiger partial charge in [-0.25, -0.2) is 4.79 Å². The number of carboxylic acid groups (broad SMARTS) is 1. The Balaban J connectivity index is 2.00. The molecule has 112 valence electrons. The van der Waals surface area contributed by atoms with Crippen LogP contribution in [0.25, 0.3) is 0 Å². The molecule has 0 radical (unpaired) electrons. The van der Waals surface area contributed by atoms with Gasteiger partial charge in [0.1, 0.15) is 11.8 Å². The highest BCUT2D eigenvalue weighted by Gasteiger charge is 2.24. The first-order valence-electron chi connectivity index (χ1n) is 6.31. The van der Waals surface area contributed by atoms with E-state index >= 15 is 0 Å². The van der Waals surface area contributed by atoms with Crippen LogP contribution in [0.2, 0.25) is 0 Å². The van der Waals surface area contributed by atoms with Gasteiger partial charge in [-0.1, -0.05) is 12.1 Å². The number of para-hydroxylation sites is 2. The number of hydrogen-bond acceptors (Lipinski definition) is 5. The predicted octanol–water partition coefficient (Wildman–Crippen LogP) is -0.823. The van der Waals surface area contributed by atoms with Crippen LogP contribution < -0.4 is 20.7 Å². The average Bonchev–Trinajstić information content (AvgIpc) is 2.47. The quantitative estimate of drug-likeness (QED) is 0.563. The standard InChI is InChI=1S/C13H15N3O5/c17-11-6-14-9(5-15-11)13(20)16-8-3-1-2-4-10(8)21-7-12(18)19/h1-4,9,14H,5-7H2,(H,15,17)(H,16,20)(H,18,19). The number of nitrogens with one attached hydrogen (secondary N) is 3. The Morgan fingerprint density at radius 3 is 2.81 bits per heavy atom. The summed E-state index contributed by atoms with van der Waals surface area (Å²) in [7, 11) is 0. The maximum atomic E-state index is 12.1. The molecule has 0 saturated carbocycles. The second kappa shape index (κ2) is 6.71. The number of carboxylic acids is 1. The number of ether oxygens (including phenoxy) is 1. The third-order valence-electron chi connectivity index (χ3n) is 2.82. The van der Waals surface area contributed by atoms with Crippen molar-refractivity contribution < 1.29 is 24.2 Å². The summed E-state index contributed by atoms with van der Waals surface area (Å²) in [6.45, 7) is -0.220. The third-order valence-corrected chi connectivity index (χ3v) is 2.82. The molecule has 2 amide bonds. The molecule has 1 aliphatic heterocycles. The fraction of sp³-hybridized carbons (Fsp3) is 0.308. The highest BCUT2D eigenvalue weighted by molar-refractivity contribution is 5.97. The lowest BCUT2D eigenvalue weighted by Crippen LogP contribution is -2.56. The number of piperazine rings is 1. The van der Waals surface area contributed by atoms with Crippen LogP contribution in [0.3, 0.4) is 0 Å². The van der Waals surface area contributed by atoms with E-state index in [2.05, 4.69) is 16.0 Å². The van der Waals surface area contributed by atoms with Gasteiger partial charge in [-0.05, 0) is 12.1 Å². The fourth-order valence-electron chi connectivity index (χ4n) is 1.81. The van der Waals surface area contributed by atoms with Crippen LogP contribution in [0.15, 0.2) is 24.3 Å². The lowest BCUT2D eigenvalue weighted by Gasteiger charge is -2.23. The van der Waals surface area contributed by atoms with Crippen molar-refractivity contribution in [1.82, 2.24) is 10.6 Å². The first kappa shape index (κ1) is 14.8. The minimum absolute atomic E-state index is 0.0786. The van der Waals surface area contributed by atoms with E-state index in [1.54, 1.807) is 24.3 Å². The third kappa shape index (κ3) is 4.18. The Morgan fingerprint density at radius 2 is 2.14 bits per heavy atom. The minimum atomic E-state index is -1.10. The van der Waals surface area contributed by atoms with E-state index in [0.29, 0.717) is 5.69 Å². The van der Waals surface area contributed by atoms with Crippen molar-refractivity contribution in [2.75, 3.05) is 25.0 Å². The highest BCUT2D eigenvalue weighted by atomic mass is 16.5. The van der Waals surface area contributed by atoms with Crippen LogP contribution in [-0.2, 0) is 14.4 Å². The van der Waals surface area contributed by atoms with Gasteiger partial charge in [0.25, 0.3) is 0 Å². The Kier molecular flexibility index (Phi) is 4.72. The Morgan fingerprint density at radius 1 is 1.38 bits per heavy atom. The second-order valence-electron chi connectivity index (χ2n) is 4.41. The van der Waals surface area contributed by atoms with E-state index in [4.69, 9.17) is 9.84 Å². The number of aliphatic carboxylic acids is 1. The molecule has 1 saturated heterocycles. The van der Waals surface area contributed by atoms with Crippen LogP contribution >= 0.6 is 0 Å². The van der Waals surface area contributed by atoms with E-state index in [9.17, 15) is 14.4 Å². The molecule has 1 unspecified atom stereocenters. The van der Waals surface area contributed by atoms with Crippen molar-refractivity contribution in [3.63, 3.8) is 0 Å². The molecule has 0 aromatic heterocycles. The van der Waals surface area contributed by atoms with E-state index in [-0.39, 0.29) is 30.7 Å². The van der Waals surface area contributed by atoms with Crippen molar-refractivity contribution in [3.8, 4) is 5.75 Å². The minimum Gasteiger partial charge on any atom is -0.480 e. The molecule has 0 aliphatic carbocycles. The zero-order chi connectivity index (χ0) is 15.2. The van der Waals surface area contributed by atoms with Crippen molar-refractivity contribution in [1.29, 1.82) is 0 Å². The lowest BCUT2D eigenvalue weighted by molar-refractivity contribution is -0.139. The molecule has 1 aromatic rings. The molecule has 1 atom stereocenters. The summed E-state index contributed by atoms with van der Waals surface area (Å²) >= 11 is 0. The number of carbonyl (C=O) groups is 3. The Labute approximate surface area is 120 Å². The summed E-state index contributed by atoms with van der Waals surface area (Å²) in [5.41, 5.74) is 0.377. The van der Waals surface area contributed by atoms with Crippen molar-refractivity contribution in [2.45, 2.75) is 6.04 Å². The average molecular weight is 293 g/mol. The van der Waals surface area contributed by atoms with Crippen molar-refractivity contribution in [3.05, 3.63) is 24.3 Å². The zero-order valence-corrected chi connectivity index (χ0v) is 11.1. The molecule has 1 heterocycles. The molecule has 4 N–H and O–H groups in total. The number of rotatable bonds is 5. The lowest BCUT2D eigenvalue weighted by atomic mass is 10.2. The highest BCUT2D eigenvalue weighted by Crippen LogP contribution is 2.23. The topological polar surface area (TPSA) is 117 Å². The molecular formula is C13H15N3O5. The number of benzene rings is 1. The van der Waals surface area contributed by atoms with Gasteiger partial charge in [-0.3, -0.25) is 14.9 Å². The molecule has 0 spiro atoms. The number of hydrogen-bond donors (Lipinski definition) is 4. The van der Waals surface area contributed by atoms with Crippen LogP contribution in [0.4, 0.5) is 5.69 Å². The van der Waals surface area contributed by atoms with Crippen molar-refractivity contribution >= 4 is 23.5 Å². The molecule has 1 aromatic carbocycles. The van der Waals surface area contributed by atoms with E-state index in [0.717, 1.165) is 0 Å². The molecule has 0 bridgehead atoms. The van der Waals surface area contributed by atoms with Crippen LogP contribution in [-0.4, -0.2) is 48.6 Å². The van der Waals surface area contributed by atoms with Gasteiger partial charge in [-0.15, -0.1) is 0 Å². The molecule has 2 rings (SSSR count). The van der Waals surface area contributed by atoms with Gasteiger partial charge < -0.3 is 20.5 Å². The van der Waals surface area contributed by atoms with Gasteiger partial charge in [0.15, 0.2) is 6.61 Å². The van der Waals surface area contributed by atoms with Gasteiger partial charge in [0.2, 0.25) is 11.8 Å². The Bertz CT molecular complexity index is 550. The smallest absolute Gasteiger partial charge is 0.341 e. The summed E-state index contributed by atoms with van der Waals surface area (Å²) in [5, 5.41) is 16.6. The van der Waals surface area contributed by atoms with Gasteiger partial charge in [0.05, 0.1) is 12.2 Å². The second-order valence-corrected chi connectivity index (χ2v) is 4.41. The van der Waals surface area contributed by atoms with E-state index in [1.807, 2.05) is 0 Å². The summed E-state index contributed by atoms with van der Waals surface area (Å²) in [6.07, 6.45) is 0. The van der Waals surface area contributed by atoms with Gasteiger partial charge in [0, 0.05) is 6.54 Å².